The van der Waals surface area contributed by atoms with Gasteiger partial charge in [-0.25, -0.2) is 4.57 Å². The van der Waals surface area contributed by atoms with Crippen LogP contribution < -0.4 is 5.73 Å². The van der Waals surface area contributed by atoms with Gasteiger partial charge in [-0.15, -0.1) is 0 Å². The molecule has 0 radical (unpaired) electrons. The molecule has 0 heterocycles. The molecule has 0 aromatic rings. The molecule has 8 nitrogen and oxygen atoms in total. The molecule has 0 saturated heterocycles. The van der Waals surface area contributed by atoms with Gasteiger partial charge >= 0.3 is 13.8 Å². The van der Waals surface area contributed by atoms with Crippen LogP contribution >= 0.6 is 7.82 Å². The van der Waals surface area contributed by atoms with Gasteiger partial charge in [-0.3, -0.25) is 13.8 Å². The lowest BCUT2D eigenvalue weighted by Gasteiger charge is -2.15. The van der Waals surface area contributed by atoms with E-state index >= 15 is 0 Å². The Morgan fingerprint density at radius 1 is 1.04 bits per heavy atom. The fourth-order valence-corrected chi connectivity index (χ4v) is 3.09. The summed E-state index contributed by atoms with van der Waals surface area (Å²) in [6.45, 7) is 1.37. The van der Waals surface area contributed by atoms with Crippen LogP contribution in [0.1, 0.15) is 71.1 Å². The van der Waals surface area contributed by atoms with Crippen molar-refractivity contribution in [2.45, 2.75) is 77.2 Å². The number of phosphoric ester groups is 1. The molecule has 1 unspecified atom stereocenters. The molecule has 0 aromatic heterocycles. The van der Waals surface area contributed by atoms with Crippen molar-refractivity contribution >= 4 is 13.8 Å². The fraction of sp³-hybridized carbons (Fsp3) is 0.842. The zero-order chi connectivity index (χ0) is 21.1. The summed E-state index contributed by atoms with van der Waals surface area (Å²) in [7, 11) is -4.24. The van der Waals surface area contributed by atoms with Crippen LogP contribution in [0.3, 0.4) is 0 Å². The predicted molar refractivity (Wildman–Crippen MR) is 109 cm³/mol. The third-order valence-electron chi connectivity index (χ3n) is 3.88. The van der Waals surface area contributed by atoms with Crippen LogP contribution in [-0.2, 0) is 23.1 Å². The quantitative estimate of drug-likeness (QED) is 0.125. The second-order valence-electron chi connectivity index (χ2n) is 6.64. The number of hydrogen-bond donors (Lipinski definition) is 3. The summed E-state index contributed by atoms with van der Waals surface area (Å²) in [4.78, 5) is 20.9. The molecule has 0 bridgehead atoms. The zero-order valence-corrected chi connectivity index (χ0v) is 18.0. The van der Waals surface area contributed by atoms with E-state index in [1.807, 2.05) is 0 Å². The minimum Gasteiger partial charge on any atom is -0.463 e. The molecule has 0 aliphatic heterocycles. The third kappa shape index (κ3) is 18.6. The minimum atomic E-state index is -4.24. The molecule has 0 saturated carbocycles. The van der Waals surface area contributed by atoms with Crippen LogP contribution in [0.4, 0.5) is 0 Å². The monoisotopic (exact) mass is 423 g/mol. The van der Waals surface area contributed by atoms with Gasteiger partial charge in [0.2, 0.25) is 0 Å². The van der Waals surface area contributed by atoms with Gasteiger partial charge in [0.15, 0.2) is 0 Å². The summed E-state index contributed by atoms with van der Waals surface area (Å²) in [6.07, 6.45) is 13.5. The normalized spacial score (nSPS) is 14.9. The Morgan fingerprint density at radius 2 is 1.68 bits per heavy atom. The highest BCUT2D eigenvalue weighted by molar-refractivity contribution is 7.47. The van der Waals surface area contributed by atoms with Crippen molar-refractivity contribution in [3.8, 4) is 0 Å². The van der Waals surface area contributed by atoms with Gasteiger partial charge in [-0.1, -0.05) is 51.2 Å². The van der Waals surface area contributed by atoms with E-state index in [1.54, 1.807) is 0 Å². The molecule has 0 amide bonds. The van der Waals surface area contributed by atoms with Gasteiger partial charge in [-0.2, -0.15) is 0 Å². The molecular weight excluding hydrogens is 385 g/mol. The largest absolute Gasteiger partial charge is 0.472 e. The first-order chi connectivity index (χ1) is 13.4. The lowest BCUT2D eigenvalue weighted by atomic mass is 10.1. The maximum absolute atomic E-state index is 11.6. The summed E-state index contributed by atoms with van der Waals surface area (Å²) in [6, 6.07) is 0. The van der Waals surface area contributed by atoms with Gasteiger partial charge in [0, 0.05) is 13.0 Å². The Morgan fingerprint density at radius 3 is 2.36 bits per heavy atom. The zero-order valence-electron chi connectivity index (χ0n) is 17.1. The van der Waals surface area contributed by atoms with Crippen molar-refractivity contribution < 1.29 is 33.1 Å². The number of carbonyl (C=O) groups excluding carboxylic acids is 1. The van der Waals surface area contributed by atoms with Crippen LogP contribution in [0.2, 0.25) is 0 Å². The lowest BCUT2D eigenvalue weighted by Crippen LogP contribution is -2.23. The van der Waals surface area contributed by atoms with Crippen molar-refractivity contribution in [1.82, 2.24) is 0 Å². The van der Waals surface area contributed by atoms with Gasteiger partial charge in [0.25, 0.3) is 0 Å². The van der Waals surface area contributed by atoms with Crippen molar-refractivity contribution in [1.29, 1.82) is 0 Å². The van der Waals surface area contributed by atoms with E-state index in [9.17, 15) is 19.4 Å². The number of hydrogen-bond acceptors (Lipinski definition) is 7. The average Bonchev–Trinajstić information content (AvgIpc) is 2.67. The standard InChI is InChI=1S/C19H38NO7P/c1-2-3-4-5-6-7-8-9-10-11-12-13-19(22)25-16-18(21)17-27-28(23,24)26-15-14-20/h5-6,18,21H,2-4,7-17,20H2,1H3,(H,23,24)/b6-5-/t18-/m1/s1. The molecule has 28 heavy (non-hydrogen) atoms. The number of aliphatic hydroxyl groups excluding tert-OH is 1. The fourth-order valence-electron chi connectivity index (χ4n) is 2.31. The number of phosphoric acid groups is 1. The Kier molecular flexibility index (Phi) is 17.8. The first-order valence-electron chi connectivity index (χ1n) is 10.2. The molecule has 0 spiro atoms. The Balaban J connectivity index is 3.56. The van der Waals surface area contributed by atoms with Crippen LogP contribution in [0.5, 0.6) is 0 Å². The van der Waals surface area contributed by atoms with E-state index in [2.05, 4.69) is 28.1 Å². The minimum absolute atomic E-state index is 0.0736. The number of esters is 1. The summed E-state index contributed by atoms with van der Waals surface area (Å²) in [5.74, 6) is -0.399. The predicted octanol–water partition coefficient (Wildman–Crippen LogP) is 3.46. The average molecular weight is 423 g/mol. The molecule has 2 atom stereocenters. The highest BCUT2D eigenvalue weighted by atomic mass is 31.2. The number of allylic oxidation sites excluding steroid dienone is 2. The first kappa shape index (κ1) is 27.2. The van der Waals surface area contributed by atoms with E-state index in [-0.39, 0.29) is 19.8 Å². The molecule has 0 aliphatic carbocycles. The van der Waals surface area contributed by atoms with Gasteiger partial charge in [0.05, 0.1) is 13.2 Å². The molecule has 0 fully saturated rings. The van der Waals surface area contributed by atoms with Crippen LogP contribution in [0, 0.1) is 0 Å². The van der Waals surface area contributed by atoms with E-state index in [0.29, 0.717) is 6.42 Å². The number of aliphatic hydroxyl groups is 1. The molecule has 0 aliphatic rings. The highest BCUT2D eigenvalue weighted by Gasteiger charge is 2.22. The Labute approximate surface area is 169 Å². The van der Waals surface area contributed by atoms with Gasteiger partial charge < -0.3 is 20.5 Å². The highest BCUT2D eigenvalue weighted by Crippen LogP contribution is 2.42. The topological polar surface area (TPSA) is 128 Å². The summed E-state index contributed by atoms with van der Waals surface area (Å²) in [5.41, 5.74) is 5.15. The smallest absolute Gasteiger partial charge is 0.463 e. The molecule has 166 valence electrons. The second kappa shape index (κ2) is 18.3. The van der Waals surface area contributed by atoms with Crippen molar-refractivity contribution in [3.63, 3.8) is 0 Å². The number of carbonyl (C=O) groups is 1. The van der Waals surface area contributed by atoms with E-state index < -0.39 is 26.5 Å². The van der Waals surface area contributed by atoms with E-state index in [0.717, 1.165) is 32.1 Å². The number of ether oxygens (including phenoxy) is 1. The first-order valence-corrected chi connectivity index (χ1v) is 11.7. The van der Waals surface area contributed by atoms with Crippen molar-refractivity contribution in [2.24, 2.45) is 5.73 Å². The summed E-state index contributed by atoms with van der Waals surface area (Å²) in [5, 5.41) is 9.63. The van der Waals surface area contributed by atoms with Crippen LogP contribution in [-0.4, -0.2) is 48.4 Å². The SMILES string of the molecule is CCCC/C=C\CCCCCCCC(=O)OC[C@@H](O)COP(=O)(O)OCCN. The van der Waals surface area contributed by atoms with Crippen LogP contribution in [0.15, 0.2) is 12.2 Å². The van der Waals surface area contributed by atoms with Crippen molar-refractivity contribution in [2.75, 3.05) is 26.4 Å². The second-order valence-corrected chi connectivity index (χ2v) is 8.10. The molecule has 0 aromatic carbocycles. The summed E-state index contributed by atoms with van der Waals surface area (Å²) < 4.78 is 25.4. The number of unbranched alkanes of at least 4 members (excludes halogenated alkanes) is 7. The molecule has 9 heteroatoms. The molecule has 4 N–H and O–H groups in total. The lowest BCUT2D eigenvalue weighted by molar-refractivity contribution is -0.147. The molecule has 0 rings (SSSR count). The third-order valence-corrected chi connectivity index (χ3v) is 4.87. The number of nitrogens with two attached hydrogens (primary N) is 1. The maximum atomic E-state index is 11.6. The van der Waals surface area contributed by atoms with Crippen molar-refractivity contribution in [3.05, 3.63) is 12.2 Å². The van der Waals surface area contributed by atoms with Gasteiger partial charge in [0.1, 0.15) is 12.7 Å². The summed E-state index contributed by atoms with van der Waals surface area (Å²) >= 11 is 0. The molecular formula is C19H38NO7P. The Hall–Kier alpha value is -0.760. The Bertz CT molecular complexity index is 460. The van der Waals surface area contributed by atoms with E-state index in [4.69, 9.17) is 10.5 Å². The maximum Gasteiger partial charge on any atom is 0.472 e. The van der Waals surface area contributed by atoms with Gasteiger partial charge in [-0.05, 0) is 25.7 Å². The van der Waals surface area contributed by atoms with E-state index in [1.165, 1.54) is 25.7 Å². The van der Waals surface area contributed by atoms with Crippen LogP contribution in [0.25, 0.3) is 0 Å². The number of rotatable bonds is 19.